The summed E-state index contributed by atoms with van der Waals surface area (Å²) in [6.45, 7) is 7.57. The number of carbonyl (C=O) groups excluding carboxylic acids is 3. The zero-order chi connectivity index (χ0) is 40.3. The minimum atomic E-state index is -0.713. The lowest BCUT2D eigenvalue weighted by Gasteiger charge is -2.29. The Labute approximate surface area is 334 Å². The van der Waals surface area contributed by atoms with Gasteiger partial charge in [0.15, 0.2) is 0 Å². The maximum atomic E-state index is 13.3. The number of nitrogens with two attached hydrogens (primary N) is 1. The van der Waals surface area contributed by atoms with Gasteiger partial charge in [-0.25, -0.2) is 14.8 Å². The second kappa shape index (κ2) is 16.7. The van der Waals surface area contributed by atoms with Crippen LogP contribution in [0.3, 0.4) is 0 Å². The van der Waals surface area contributed by atoms with Crippen molar-refractivity contribution in [3.05, 3.63) is 105 Å². The van der Waals surface area contributed by atoms with Crippen molar-refractivity contribution in [2.75, 3.05) is 13.7 Å². The van der Waals surface area contributed by atoms with Crippen molar-refractivity contribution < 1.29 is 23.9 Å². The van der Waals surface area contributed by atoms with Crippen LogP contribution in [-0.4, -0.2) is 68.5 Å². The summed E-state index contributed by atoms with van der Waals surface area (Å²) >= 11 is 14.2. The van der Waals surface area contributed by atoms with E-state index in [0.717, 1.165) is 5.56 Å². The van der Waals surface area contributed by atoms with Crippen molar-refractivity contribution in [2.24, 2.45) is 5.73 Å². The van der Waals surface area contributed by atoms with E-state index in [2.05, 4.69) is 15.6 Å². The molecule has 0 aliphatic carbocycles. The van der Waals surface area contributed by atoms with Gasteiger partial charge in [-0.1, -0.05) is 59.6 Å². The summed E-state index contributed by atoms with van der Waals surface area (Å²) < 4.78 is 12.8. The summed E-state index contributed by atoms with van der Waals surface area (Å²) in [5, 5.41) is 6.71. The van der Waals surface area contributed by atoms with Gasteiger partial charge in [-0.15, -0.1) is 0 Å². The number of nitrogens with one attached hydrogen (secondary N) is 2. The molecule has 3 amide bonds. The Morgan fingerprint density at radius 2 is 1.70 bits per heavy atom. The molecule has 5 aromatic rings. The number of carbonyl (C=O) groups is 3. The normalized spacial score (nSPS) is 14.7. The number of hydrogen-bond acceptors (Lipinski definition) is 9. The molecule has 4 heterocycles. The fourth-order valence-electron chi connectivity index (χ4n) is 6.40. The molecular formula is C41H43Cl2N7O6. The van der Waals surface area contributed by atoms with Crippen LogP contribution >= 0.6 is 23.2 Å². The Morgan fingerprint density at radius 3 is 2.34 bits per heavy atom. The number of halogens is 2. The van der Waals surface area contributed by atoms with Crippen LogP contribution in [0.25, 0.3) is 39.2 Å². The first-order chi connectivity index (χ1) is 26.6. The molecule has 1 unspecified atom stereocenters. The van der Waals surface area contributed by atoms with Crippen molar-refractivity contribution >= 4 is 46.8 Å². The van der Waals surface area contributed by atoms with Gasteiger partial charge in [0.2, 0.25) is 17.7 Å². The average molecular weight is 801 g/mol. The summed E-state index contributed by atoms with van der Waals surface area (Å²) in [4.78, 5) is 60.6. The van der Waals surface area contributed by atoms with Crippen molar-refractivity contribution in [3.8, 4) is 39.4 Å². The number of pyridine rings is 2. The molecule has 6 rings (SSSR count). The van der Waals surface area contributed by atoms with E-state index in [0.29, 0.717) is 73.5 Å². The number of hydrogen-bond donors (Lipinski definition) is 3. The molecule has 0 saturated carbocycles. The number of nitrogens with zero attached hydrogens (tertiary/aromatic N) is 4. The summed E-state index contributed by atoms with van der Waals surface area (Å²) in [7, 11) is 1.51. The summed E-state index contributed by atoms with van der Waals surface area (Å²) in [5.41, 5.74) is 9.78. The smallest absolute Gasteiger partial charge is 0.410 e. The average Bonchev–Trinajstić information content (AvgIpc) is 3.57. The maximum Gasteiger partial charge on any atom is 0.410 e. The number of methoxy groups -OCH3 is 1. The predicted octanol–water partition coefficient (Wildman–Crippen LogP) is 6.39. The largest absolute Gasteiger partial charge is 0.481 e. The number of amides is 3. The Balaban J connectivity index is 1.28. The van der Waals surface area contributed by atoms with E-state index in [1.165, 1.54) is 17.7 Å². The Hall–Kier alpha value is -5.50. The lowest BCUT2D eigenvalue weighted by Crippen LogP contribution is -2.43. The summed E-state index contributed by atoms with van der Waals surface area (Å²) in [5.74, 6) is -0.256. The van der Waals surface area contributed by atoms with Crippen LogP contribution in [0.15, 0.2) is 77.9 Å². The van der Waals surface area contributed by atoms with Gasteiger partial charge in [0.05, 0.1) is 41.0 Å². The van der Waals surface area contributed by atoms with Crippen LogP contribution in [0.1, 0.15) is 51.7 Å². The highest BCUT2D eigenvalue weighted by Crippen LogP contribution is 2.42. The van der Waals surface area contributed by atoms with E-state index in [1.807, 2.05) is 48.5 Å². The molecule has 56 heavy (non-hydrogen) atoms. The quantitative estimate of drug-likeness (QED) is 0.130. The number of aromatic nitrogens is 3. The molecule has 1 aliphatic heterocycles. The molecule has 1 fully saturated rings. The van der Waals surface area contributed by atoms with Gasteiger partial charge in [0.1, 0.15) is 11.2 Å². The first kappa shape index (κ1) is 40.2. The number of fused-ring (bicyclic) bond motifs is 1. The van der Waals surface area contributed by atoms with Crippen molar-refractivity contribution in [1.82, 2.24) is 29.9 Å². The van der Waals surface area contributed by atoms with E-state index in [9.17, 15) is 19.2 Å². The van der Waals surface area contributed by atoms with E-state index < -0.39 is 23.6 Å². The molecule has 0 spiro atoms. The van der Waals surface area contributed by atoms with Crippen LogP contribution in [-0.2, 0) is 27.4 Å². The van der Waals surface area contributed by atoms with Gasteiger partial charge in [-0.3, -0.25) is 18.8 Å². The molecule has 3 aromatic heterocycles. The van der Waals surface area contributed by atoms with Gasteiger partial charge < -0.3 is 30.7 Å². The number of primary amides is 1. The molecule has 0 radical (unpaired) electrons. The van der Waals surface area contributed by atoms with E-state index in [1.54, 1.807) is 50.9 Å². The topological polar surface area (TPSA) is 170 Å². The van der Waals surface area contributed by atoms with Gasteiger partial charge in [-0.2, -0.15) is 0 Å². The zero-order valence-electron chi connectivity index (χ0n) is 31.7. The highest BCUT2D eigenvalue weighted by atomic mass is 35.5. The van der Waals surface area contributed by atoms with Crippen LogP contribution < -0.4 is 26.7 Å². The molecule has 2 aromatic carbocycles. The lowest BCUT2D eigenvalue weighted by atomic mass is 9.97. The van der Waals surface area contributed by atoms with Crippen molar-refractivity contribution in [1.29, 1.82) is 0 Å². The fourth-order valence-corrected chi connectivity index (χ4v) is 7.06. The second-order valence-corrected chi connectivity index (χ2v) is 15.4. The number of rotatable bonds is 12. The zero-order valence-corrected chi connectivity index (χ0v) is 33.2. The first-order valence-corrected chi connectivity index (χ1v) is 18.8. The van der Waals surface area contributed by atoms with Crippen LogP contribution in [0.2, 0.25) is 10.0 Å². The molecule has 0 bridgehead atoms. The minimum absolute atomic E-state index is 0.0444. The fraction of sp³-hybridized carbons (Fsp3) is 0.317. The summed E-state index contributed by atoms with van der Waals surface area (Å²) in [6, 6.07) is 17.6. The van der Waals surface area contributed by atoms with Crippen LogP contribution in [0.4, 0.5) is 4.79 Å². The van der Waals surface area contributed by atoms with Gasteiger partial charge >= 0.3 is 6.09 Å². The SMILES string of the molecule is COc1nc(-c2cccc(-c3cccc(-c4ccn5c(=O)c(CNC(C)C(N)=O)cnc5c4)c3Cl)c2Cl)ccc1CN(C[C@@H]1CCC(=O)N1)C(=O)OC(C)(C)C. The highest BCUT2D eigenvalue weighted by molar-refractivity contribution is 6.39. The molecule has 4 N–H and O–H groups in total. The minimum Gasteiger partial charge on any atom is -0.481 e. The molecule has 292 valence electrons. The Kier molecular flexibility index (Phi) is 12.0. The van der Waals surface area contributed by atoms with Gasteiger partial charge in [-0.05, 0) is 63.9 Å². The molecule has 1 aliphatic rings. The second-order valence-electron chi connectivity index (χ2n) is 14.6. The first-order valence-electron chi connectivity index (χ1n) is 18.1. The number of benzene rings is 2. The van der Waals surface area contributed by atoms with E-state index >= 15 is 0 Å². The van der Waals surface area contributed by atoms with E-state index in [4.69, 9.17) is 43.4 Å². The molecule has 13 nitrogen and oxygen atoms in total. The highest BCUT2D eigenvalue weighted by Gasteiger charge is 2.29. The standard InChI is InChI=1S/C41H43Cl2N7O6/c1-23(37(44)52)45-19-26-20-46-33-18-24(16-17-50(33)39(26)53)28-8-6-9-29(35(28)42)30-10-7-11-31(36(30)43)32-14-12-25(38(48-32)55-5)21-49(40(54)56-41(2,3)4)22-27-13-15-34(51)47-27/h6-12,14,16-18,20,23,27,45H,13,15,19,21-22H2,1-5H3,(H2,44,52)(H,47,51)/t23?,27-/m0/s1. The van der Waals surface area contributed by atoms with Gasteiger partial charge in [0.25, 0.3) is 5.56 Å². The molecular weight excluding hydrogens is 757 g/mol. The lowest BCUT2D eigenvalue weighted by molar-refractivity contribution is -0.120. The van der Waals surface area contributed by atoms with Crippen LogP contribution in [0, 0.1) is 0 Å². The van der Waals surface area contributed by atoms with Crippen molar-refractivity contribution in [3.63, 3.8) is 0 Å². The third kappa shape index (κ3) is 8.96. The summed E-state index contributed by atoms with van der Waals surface area (Å²) in [6.07, 6.45) is 3.64. The predicted molar refractivity (Wildman–Crippen MR) is 215 cm³/mol. The molecule has 2 atom stereocenters. The third-order valence-electron chi connectivity index (χ3n) is 9.35. The van der Waals surface area contributed by atoms with Gasteiger partial charge in [0, 0.05) is 65.8 Å². The maximum absolute atomic E-state index is 13.3. The Bertz CT molecular complexity index is 2380. The third-order valence-corrected chi connectivity index (χ3v) is 10.2. The van der Waals surface area contributed by atoms with Crippen molar-refractivity contribution in [2.45, 2.75) is 71.3 Å². The number of ether oxygens (including phenoxy) is 2. The van der Waals surface area contributed by atoms with E-state index in [-0.39, 0.29) is 37.1 Å². The van der Waals surface area contributed by atoms with Crippen LogP contribution in [0.5, 0.6) is 5.88 Å². The Morgan fingerprint density at radius 1 is 1.02 bits per heavy atom. The monoisotopic (exact) mass is 799 g/mol. The molecule has 15 heteroatoms. The molecule has 1 saturated heterocycles.